The minimum Gasteiger partial charge on any atom is -0.375 e. The zero-order chi connectivity index (χ0) is 10.0. The average molecular weight is 185 g/mol. The second-order valence-corrected chi connectivity index (χ2v) is 2.85. The topological polar surface area (TPSA) is 20.3 Å². The molecule has 4 heteroatoms. The normalized spacial score (nSPS) is 9.85. The lowest BCUT2D eigenvalue weighted by molar-refractivity contribution is 0.112. The van der Waals surface area contributed by atoms with Gasteiger partial charge in [0.05, 0.1) is 5.69 Å². The van der Waals surface area contributed by atoms with Crippen LogP contribution in [0.15, 0.2) is 12.1 Å². The summed E-state index contributed by atoms with van der Waals surface area (Å²) in [6.07, 6.45) is 0.482. The van der Waals surface area contributed by atoms with Gasteiger partial charge in [-0.05, 0) is 12.1 Å². The zero-order valence-electron chi connectivity index (χ0n) is 7.34. The second kappa shape index (κ2) is 3.51. The first-order valence-corrected chi connectivity index (χ1v) is 3.68. The molecule has 0 fully saturated rings. The number of hydrogen-bond acceptors (Lipinski definition) is 2. The van der Waals surface area contributed by atoms with Crippen LogP contribution in [0.5, 0.6) is 0 Å². The Kier molecular flexibility index (Phi) is 2.60. The maximum absolute atomic E-state index is 13.0. The van der Waals surface area contributed by atoms with Gasteiger partial charge in [-0.25, -0.2) is 8.78 Å². The quantitative estimate of drug-likeness (QED) is 0.655. The zero-order valence-corrected chi connectivity index (χ0v) is 7.34. The molecule has 0 saturated heterocycles. The summed E-state index contributed by atoms with van der Waals surface area (Å²) in [4.78, 5) is 11.7. The molecule has 0 spiro atoms. The highest BCUT2D eigenvalue weighted by molar-refractivity contribution is 5.77. The van der Waals surface area contributed by atoms with E-state index in [0.717, 1.165) is 6.07 Å². The number of anilines is 1. The van der Waals surface area contributed by atoms with Gasteiger partial charge in [-0.15, -0.1) is 0 Å². The van der Waals surface area contributed by atoms with Crippen molar-refractivity contribution < 1.29 is 13.6 Å². The SMILES string of the molecule is CN(C)c1cc(C=O)cc(F)c1F. The molecule has 1 aromatic carbocycles. The van der Waals surface area contributed by atoms with E-state index in [1.54, 1.807) is 14.1 Å². The summed E-state index contributed by atoms with van der Waals surface area (Å²) in [7, 11) is 3.15. The number of nitrogens with zero attached hydrogens (tertiary/aromatic N) is 1. The highest BCUT2D eigenvalue weighted by Gasteiger charge is 2.11. The number of carbonyl (C=O) groups excluding carboxylic acids is 1. The van der Waals surface area contributed by atoms with E-state index in [1.807, 2.05) is 0 Å². The van der Waals surface area contributed by atoms with E-state index in [4.69, 9.17) is 0 Å². The number of rotatable bonds is 2. The molecule has 0 aliphatic rings. The van der Waals surface area contributed by atoms with Crippen LogP contribution >= 0.6 is 0 Å². The monoisotopic (exact) mass is 185 g/mol. The lowest BCUT2D eigenvalue weighted by Crippen LogP contribution is -2.12. The molecule has 0 aliphatic carbocycles. The van der Waals surface area contributed by atoms with Gasteiger partial charge in [0.25, 0.3) is 0 Å². The molecule has 0 amide bonds. The fourth-order valence-electron chi connectivity index (χ4n) is 0.988. The highest BCUT2D eigenvalue weighted by atomic mass is 19.2. The summed E-state index contributed by atoms with van der Waals surface area (Å²) in [6.45, 7) is 0. The summed E-state index contributed by atoms with van der Waals surface area (Å²) in [5.74, 6) is -1.94. The molecular weight excluding hydrogens is 176 g/mol. The minimum atomic E-state index is -1.01. The molecule has 0 bridgehead atoms. The first-order chi connectivity index (χ1) is 6.06. The summed E-state index contributed by atoms with van der Waals surface area (Å²) in [6, 6.07) is 2.17. The van der Waals surface area contributed by atoms with Crippen molar-refractivity contribution in [1.82, 2.24) is 0 Å². The summed E-state index contributed by atoms with van der Waals surface area (Å²) in [5.41, 5.74) is 0.199. The van der Waals surface area contributed by atoms with Gasteiger partial charge in [-0.2, -0.15) is 0 Å². The molecular formula is C9H9F2NO. The highest BCUT2D eigenvalue weighted by Crippen LogP contribution is 2.21. The molecule has 0 heterocycles. The van der Waals surface area contributed by atoms with Crippen LogP contribution < -0.4 is 4.90 Å². The van der Waals surface area contributed by atoms with Gasteiger partial charge >= 0.3 is 0 Å². The largest absolute Gasteiger partial charge is 0.375 e. The lowest BCUT2D eigenvalue weighted by atomic mass is 10.2. The maximum Gasteiger partial charge on any atom is 0.182 e. The molecule has 0 aliphatic heterocycles. The number of aldehydes is 1. The minimum absolute atomic E-state index is 0.0714. The van der Waals surface area contributed by atoms with Crippen molar-refractivity contribution in [2.24, 2.45) is 0 Å². The van der Waals surface area contributed by atoms with Gasteiger partial charge in [-0.3, -0.25) is 4.79 Å². The molecule has 0 unspecified atom stereocenters. The van der Waals surface area contributed by atoms with Gasteiger partial charge in [-0.1, -0.05) is 0 Å². The molecule has 70 valence electrons. The molecule has 0 aromatic heterocycles. The third-order valence-corrected chi connectivity index (χ3v) is 1.65. The summed E-state index contributed by atoms with van der Waals surface area (Å²) in [5, 5.41) is 0. The van der Waals surface area contributed by atoms with Crippen LogP contribution in [0.25, 0.3) is 0 Å². The van der Waals surface area contributed by atoms with E-state index in [9.17, 15) is 13.6 Å². The number of halogens is 2. The number of hydrogen-bond donors (Lipinski definition) is 0. The molecule has 0 radical (unpaired) electrons. The predicted molar refractivity (Wildman–Crippen MR) is 46.1 cm³/mol. The van der Waals surface area contributed by atoms with Crippen LogP contribution in [0.1, 0.15) is 10.4 Å². The van der Waals surface area contributed by atoms with Crippen LogP contribution in [-0.4, -0.2) is 20.4 Å². The standard InChI is InChI=1S/C9H9F2NO/c1-12(2)8-4-6(5-13)3-7(10)9(8)11/h3-5H,1-2H3. The molecule has 0 atom stereocenters. The Morgan fingerprint density at radius 2 is 1.92 bits per heavy atom. The van der Waals surface area contributed by atoms with Crippen molar-refractivity contribution >= 4 is 12.0 Å². The smallest absolute Gasteiger partial charge is 0.182 e. The van der Waals surface area contributed by atoms with Crippen LogP contribution in [0.4, 0.5) is 14.5 Å². The Morgan fingerprint density at radius 1 is 1.31 bits per heavy atom. The fourth-order valence-corrected chi connectivity index (χ4v) is 0.988. The second-order valence-electron chi connectivity index (χ2n) is 2.85. The van der Waals surface area contributed by atoms with Gasteiger partial charge < -0.3 is 4.90 Å². The maximum atomic E-state index is 13.0. The van der Waals surface area contributed by atoms with Crippen molar-refractivity contribution in [2.75, 3.05) is 19.0 Å². The number of benzene rings is 1. The van der Waals surface area contributed by atoms with Crippen molar-refractivity contribution in [3.63, 3.8) is 0 Å². The van der Waals surface area contributed by atoms with Crippen molar-refractivity contribution in [2.45, 2.75) is 0 Å². The Hall–Kier alpha value is -1.45. The molecule has 0 saturated carbocycles. The Balaban J connectivity index is 3.32. The average Bonchev–Trinajstić information content (AvgIpc) is 2.09. The third kappa shape index (κ3) is 1.83. The predicted octanol–water partition coefficient (Wildman–Crippen LogP) is 1.84. The van der Waals surface area contributed by atoms with Crippen molar-refractivity contribution in [3.05, 3.63) is 29.3 Å². The Bertz CT molecular complexity index is 337. The number of carbonyl (C=O) groups is 1. The van der Waals surface area contributed by atoms with Gasteiger partial charge in [0, 0.05) is 19.7 Å². The van der Waals surface area contributed by atoms with Crippen LogP contribution in [-0.2, 0) is 0 Å². The van der Waals surface area contributed by atoms with Crippen molar-refractivity contribution in [3.8, 4) is 0 Å². The van der Waals surface area contributed by atoms with Gasteiger partial charge in [0.2, 0.25) is 0 Å². The molecule has 1 rings (SSSR count). The van der Waals surface area contributed by atoms with E-state index in [2.05, 4.69) is 0 Å². The van der Waals surface area contributed by atoms with Crippen LogP contribution in [0.3, 0.4) is 0 Å². The van der Waals surface area contributed by atoms with Crippen LogP contribution in [0.2, 0.25) is 0 Å². The van der Waals surface area contributed by atoms with Gasteiger partial charge in [0.1, 0.15) is 6.29 Å². The fraction of sp³-hybridized carbons (Fsp3) is 0.222. The molecule has 2 nitrogen and oxygen atoms in total. The summed E-state index contributed by atoms with van der Waals surface area (Å²) >= 11 is 0. The van der Waals surface area contributed by atoms with Crippen molar-refractivity contribution in [1.29, 1.82) is 0 Å². The Morgan fingerprint density at radius 3 is 2.38 bits per heavy atom. The first kappa shape index (κ1) is 9.64. The van der Waals surface area contributed by atoms with E-state index in [-0.39, 0.29) is 11.3 Å². The third-order valence-electron chi connectivity index (χ3n) is 1.65. The van der Waals surface area contributed by atoms with E-state index >= 15 is 0 Å². The molecule has 0 N–H and O–H groups in total. The van der Waals surface area contributed by atoms with E-state index < -0.39 is 11.6 Å². The summed E-state index contributed by atoms with van der Waals surface area (Å²) < 4.78 is 25.9. The Labute approximate surface area is 74.8 Å². The molecule has 13 heavy (non-hydrogen) atoms. The molecule has 1 aromatic rings. The van der Waals surface area contributed by atoms with Gasteiger partial charge in [0.15, 0.2) is 11.6 Å². The lowest BCUT2D eigenvalue weighted by Gasteiger charge is -2.13. The van der Waals surface area contributed by atoms with E-state index in [1.165, 1.54) is 11.0 Å². The van der Waals surface area contributed by atoms with Crippen LogP contribution in [0, 0.1) is 11.6 Å². The van der Waals surface area contributed by atoms with E-state index in [0.29, 0.717) is 6.29 Å². The first-order valence-electron chi connectivity index (χ1n) is 3.68.